The van der Waals surface area contributed by atoms with Crippen molar-refractivity contribution in [1.82, 2.24) is 5.32 Å². The Hall–Kier alpha value is -2.80. The summed E-state index contributed by atoms with van der Waals surface area (Å²) >= 11 is 0. The minimum absolute atomic E-state index is 0.0751. The lowest BCUT2D eigenvalue weighted by Crippen LogP contribution is -2.47. The number of carbonyl (C=O) groups excluding carboxylic acids is 1. The van der Waals surface area contributed by atoms with Crippen LogP contribution in [0, 0.1) is 11.6 Å². The van der Waals surface area contributed by atoms with Crippen LogP contribution in [0.25, 0.3) is 0 Å². The molecule has 0 aromatic heterocycles. The number of benzene rings is 2. The summed E-state index contributed by atoms with van der Waals surface area (Å²) < 4.78 is 26.7. The second kappa shape index (κ2) is 6.98. The second-order valence-corrected chi connectivity index (χ2v) is 5.77. The van der Waals surface area contributed by atoms with Gasteiger partial charge in [-0.1, -0.05) is 30.3 Å². The minimum atomic E-state index is -1.55. The van der Waals surface area contributed by atoms with Gasteiger partial charge in [0.2, 0.25) is 12.3 Å². The molecule has 2 unspecified atom stereocenters. The van der Waals surface area contributed by atoms with Crippen molar-refractivity contribution < 1.29 is 18.7 Å². The van der Waals surface area contributed by atoms with Crippen LogP contribution < -0.4 is 10.2 Å². The van der Waals surface area contributed by atoms with Gasteiger partial charge in [-0.2, -0.15) is 0 Å². The molecule has 0 spiro atoms. The van der Waals surface area contributed by atoms with Crippen LogP contribution in [-0.4, -0.2) is 23.2 Å². The largest absolute Gasteiger partial charge is 0.367 e. The Labute approximate surface area is 143 Å². The third kappa shape index (κ3) is 3.83. The number of amidine groups is 1. The lowest BCUT2D eigenvalue weighted by Gasteiger charge is -2.31. The molecule has 2 atom stereocenters. The van der Waals surface area contributed by atoms with Crippen LogP contribution in [0.1, 0.15) is 24.9 Å². The normalized spacial score (nSPS) is 18.7. The molecule has 0 saturated heterocycles. The van der Waals surface area contributed by atoms with Gasteiger partial charge in [0.1, 0.15) is 17.5 Å². The molecule has 0 fully saturated rings. The van der Waals surface area contributed by atoms with Crippen molar-refractivity contribution in [2.24, 2.45) is 4.99 Å². The first-order chi connectivity index (χ1) is 11.9. The highest BCUT2D eigenvalue weighted by molar-refractivity contribution is 6.09. The molecule has 1 aliphatic rings. The molecule has 0 saturated carbocycles. The van der Waals surface area contributed by atoms with Gasteiger partial charge >= 0.3 is 0 Å². The van der Waals surface area contributed by atoms with E-state index >= 15 is 0 Å². The maximum atomic E-state index is 13.4. The molecule has 3 rings (SSSR count). The van der Waals surface area contributed by atoms with E-state index in [2.05, 4.69) is 10.3 Å². The standard InChI is InChI=1S/C18H17F2N3O2/c1-11(12-5-3-2-4-6-12)21-16-10-17(24)23(18(25)22-16)15-8-13(19)7-14(20)9-15/h2-9,11,18,25H,10H2,1H3,(H,21,22). The molecule has 0 radical (unpaired) electrons. The van der Waals surface area contributed by atoms with Gasteiger partial charge in [0.15, 0.2) is 0 Å². The van der Waals surface area contributed by atoms with E-state index in [0.717, 1.165) is 22.6 Å². The van der Waals surface area contributed by atoms with E-state index in [4.69, 9.17) is 0 Å². The third-order valence-corrected chi connectivity index (χ3v) is 3.90. The summed E-state index contributed by atoms with van der Waals surface area (Å²) in [5.74, 6) is -1.85. The highest BCUT2D eigenvalue weighted by atomic mass is 19.1. The fraction of sp³-hybridized carbons (Fsp3) is 0.222. The quantitative estimate of drug-likeness (QED) is 0.899. The van der Waals surface area contributed by atoms with Gasteiger partial charge in [-0.25, -0.2) is 13.8 Å². The van der Waals surface area contributed by atoms with Crippen LogP contribution in [0.2, 0.25) is 0 Å². The number of hydrogen-bond donors (Lipinski definition) is 2. The average molecular weight is 345 g/mol. The van der Waals surface area contributed by atoms with Crippen LogP contribution in [0.4, 0.5) is 14.5 Å². The van der Waals surface area contributed by atoms with Gasteiger partial charge in [0, 0.05) is 12.1 Å². The number of amides is 1. The Kier molecular flexibility index (Phi) is 4.76. The first kappa shape index (κ1) is 17.0. The Bertz CT molecular complexity index is 791. The van der Waals surface area contributed by atoms with E-state index in [0.29, 0.717) is 11.9 Å². The fourth-order valence-electron chi connectivity index (χ4n) is 2.72. The average Bonchev–Trinajstić information content (AvgIpc) is 2.54. The summed E-state index contributed by atoms with van der Waals surface area (Å²) in [5, 5.41) is 13.2. The van der Waals surface area contributed by atoms with Gasteiger partial charge in [0.05, 0.1) is 12.1 Å². The number of hydrogen-bond acceptors (Lipinski definition) is 4. The molecule has 5 nitrogen and oxygen atoms in total. The van der Waals surface area contributed by atoms with Gasteiger partial charge in [0.25, 0.3) is 0 Å². The lowest BCUT2D eigenvalue weighted by molar-refractivity contribution is -0.119. The molecule has 0 aliphatic carbocycles. The number of halogens is 2. The number of rotatable bonds is 3. The summed E-state index contributed by atoms with van der Waals surface area (Å²) in [6.07, 6.45) is -1.65. The Balaban J connectivity index is 1.79. The number of aliphatic imine (C=N–C) groups is 1. The molecule has 25 heavy (non-hydrogen) atoms. The van der Waals surface area contributed by atoms with Gasteiger partial charge in [-0.05, 0) is 24.6 Å². The summed E-state index contributed by atoms with van der Waals surface area (Å²) in [4.78, 5) is 17.3. The van der Waals surface area contributed by atoms with Crippen LogP contribution in [0.5, 0.6) is 0 Å². The Morgan fingerprint density at radius 2 is 1.84 bits per heavy atom. The van der Waals surface area contributed by atoms with Crippen molar-refractivity contribution in [2.75, 3.05) is 4.90 Å². The summed E-state index contributed by atoms with van der Waals surface area (Å²) in [6, 6.07) is 12.1. The smallest absolute Gasteiger partial charge is 0.238 e. The zero-order chi connectivity index (χ0) is 18.0. The van der Waals surface area contributed by atoms with Gasteiger partial charge < -0.3 is 10.4 Å². The number of nitrogens with zero attached hydrogens (tertiary/aromatic N) is 2. The van der Waals surface area contributed by atoms with Gasteiger partial charge in [-0.3, -0.25) is 9.69 Å². The van der Waals surface area contributed by atoms with E-state index in [1.165, 1.54) is 0 Å². The lowest BCUT2D eigenvalue weighted by atomic mass is 10.1. The maximum Gasteiger partial charge on any atom is 0.238 e. The SMILES string of the molecule is CC(NC1=NC(O)N(c2cc(F)cc(F)c2)C(=O)C1)c1ccccc1. The van der Waals surface area contributed by atoms with Crippen LogP contribution in [-0.2, 0) is 4.79 Å². The van der Waals surface area contributed by atoms with E-state index < -0.39 is 23.9 Å². The summed E-state index contributed by atoms with van der Waals surface area (Å²) in [5.41, 5.74) is 0.927. The highest BCUT2D eigenvalue weighted by Gasteiger charge is 2.30. The Morgan fingerprint density at radius 3 is 2.44 bits per heavy atom. The van der Waals surface area contributed by atoms with E-state index in [9.17, 15) is 18.7 Å². The molecule has 130 valence electrons. The molecule has 2 aromatic rings. The second-order valence-electron chi connectivity index (χ2n) is 5.77. The molecule has 2 N–H and O–H groups in total. The van der Waals surface area contributed by atoms with Crippen LogP contribution in [0.3, 0.4) is 0 Å². The van der Waals surface area contributed by atoms with Gasteiger partial charge in [-0.15, -0.1) is 0 Å². The number of anilines is 1. The maximum absolute atomic E-state index is 13.4. The first-order valence-corrected chi connectivity index (χ1v) is 7.78. The molecular formula is C18H17F2N3O2. The molecule has 2 aromatic carbocycles. The molecule has 7 heteroatoms. The van der Waals surface area contributed by atoms with Crippen LogP contribution in [0.15, 0.2) is 53.5 Å². The van der Waals surface area contributed by atoms with E-state index in [1.54, 1.807) is 0 Å². The molecule has 1 amide bonds. The van der Waals surface area contributed by atoms with Crippen molar-refractivity contribution in [3.8, 4) is 0 Å². The number of aliphatic hydroxyl groups excluding tert-OH is 1. The zero-order valence-corrected chi connectivity index (χ0v) is 13.5. The monoisotopic (exact) mass is 345 g/mol. The summed E-state index contributed by atoms with van der Waals surface area (Å²) in [7, 11) is 0. The van der Waals surface area contributed by atoms with Crippen molar-refractivity contribution in [3.63, 3.8) is 0 Å². The highest BCUT2D eigenvalue weighted by Crippen LogP contribution is 2.24. The van der Waals surface area contributed by atoms with Crippen molar-refractivity contribution in [1.29, 1.82) is 0 Å². The fourth-order valence-corrected chi connectivity index (χ4v) is 2.72. The Morgan fingerprint density at radius 1 is 1.20 bits per heavy atom. The van der Waals surface area contributed by atoms with Crippen molar-refractivity contribution in [3.05, 3.63) is 65.7 Å². The summed E-state index contributed by atoms with van der Waals surface area (Å²) in [6.45, 7) is 1.91. The van der Waals surface area contributed by atoms with Crippen molar-refractivity contribution >= 4 is 17.4 Å². The van der Waals surface area contributed by atoms with Crippen LogP contribution >= 0.6 is 0 Å². The molecule has 0 bridgehead atoms. The number of carbonyl (C=O) groups is 1. The number of nitrogens with one attached hydrogen (secondary N) is 1. The van der Waals surface area contributed by atoms with E-state index in [1.807, 2.05) is 37.3 Å². The predicted molar refractivity (Wildman–Crippen MR) is 89.9 cm³/mol. The predicted octanol–water partition coefficient (Wildman–Crippen LogP) is 2.73. The van der Waals surface area contributed by atoms with Crippen molar-refractivity contribution in [2.45, 2.75) is 25.7 Å². The third-order valence-electron chi connectivity index (χ3n) is 3.90. The zero-order valence-electron chi connectivity index (χ0n) is 13.5. The number of aliphatic hydroxyl groups is 1. The molecule has 1 heterocycles. The van der Waals surface area contributed by atoms with E-state index in [-0.39, 0.29) is 18.2 Å². The minimum Gasteiger partial charge on any atom is -0.367 e. The molecule has 1 aliphatic heterocycles. The molecular weight excluding hydrogens is 328 g/mol. The topological polar surface area (TPSA) is 64.9 Å². The first-order valence-electron chi connectivity index (χ1n) is 7.78.